The van der Waals surface area contributed by atoms with Crippen molar-refractivity contribution >= 4 is 0 Å². The Bertz CT molecular complexity index is 213. The van der Waals surface area contributed by atoms with Crippen LogP contribution in [0.4, 0.5) is 0 Å². The monoisotopic (exact) mass is 254 g/mol. The van der Waals surface area contributed by atoms with E-state index >= 15 is 0 Å². The molecular weight excluding hydrogens is 220 g/mol. The van der Waals surface area contributed by atoms with Gasteiger partial charge in [-0.2, -0.15) is 0 Å². The van der Waals surface area contributed by atoms with E-state index in [0.717, 1.165) is 18.5 Å². The average Bonchev–Trinajstić information content (AvgIpc) is 2.38. The van der Waals surface area contributed by atoms with Gasteiger partial charge in [-0.25, -0.2) is 0 Å². The topological polar surface area (TPSA) is 15.3 Å². The second-order valence-electron chi connectivity index (χ2n) is 6.36. The first kappa shape index (κ1) is 16.0. The second-order valence-corrected chi connectivity index (χ2v) is 6.36. The first-order chi connectivity index (χ1) is 8.58. The molecule has 1 N–H and O–H groups in total. The molecule has 3 unspecified atom stereocenters. The van der Waals surface area contributed by atoms with Gasteiger partial charge in [0, 0.05) is 24.7 Å². The van der Waals surface area contributed by atoms with E-state index in [1.807, 2.05) is 0 Å². The fourth-order valence-corrected chi connectivity index (χ4v) is 3.19. The molecule has 1 aliphatic carbocycles. The molecule has 3 atom stereocenters. The van der Waals surface area contributed by atoms with Crippen molar-refractivity contribution in [3.05, 3.63) is 0 Å². The maximum atomic E-state index is 3.71. The van der Waals surface area contributed by atoms with Gasteiger partial charge in [0.1, 0.15) is 0 Å². The van der Waals surface area contributed by atoms with Crippen LogP contribution in [0.15, 0.2) is 0 Å². The number of hydrogen-bond donors (Lipinski definition) is 1. The summed E-state index contributed by atoms with van der Waals surface area (Å²) < 4.78 is 0. The summed E-state index contributed by atoms with van der Waals surface area (Å²) in [5.41, 5.74) is 0. The maximum absolute atomic E-state index is 3.71. The fourth-order valence-electron chi connectivity index (χ4n) is 3.19. The Kier molecular flexibility index (Phi) is 7.25. The first-order valence-corrected chi connectivity index (χ1v) is 8.03. The standard InChI is InChI=1S/C16H34N2/c1-6-15(7-2)17-12-14(4)18(5)16-10-8-9-13(3)11-16/h13-17H,6-12H2,1-5H3. The molecule has 2 nitrogen and oxygen atoms in total. The summed E-state index contributed by atoms with van der Waals surface area (Å²) in [7, 11) is 2.32. The van der Waals surface area contributed by atoms with Crippen molar-refractivity contribution in [1.29, 1.82) is 0 Å². The highest BCUT2D eigenvalue weighted by Crippen LogP contribution is 2.27. The highest BCUT2D eigenvalue weighted by atomic mass is 15.2. The van der Waals surface area contributed by atoms with Gasteiger partial charge in [0.2, 0.25) is 0 Å². The summed E-state index contributed by atoms with van der Waals surface area (Å²) in [6, 6.07) is 2.17. The lowest BCUT2D eigenvalue weighted by atomic mass is 9.86. The van der Waals surface area contributed by atoms with Crippen LogP contribution in [0.3, 0.4) is 0 Å². The molecule has 0 amide bonds. The number of hydrogen-bond acceptors (Lipinski definition) is 2. The molecule has 0 aromatic heterocycles. The van der Waals surface area contributed by atoms with Crippen molar-refractivity contribution in [2.75, 3.05) is 13.6 Å². The highest BCUT2D eigenvalue weighted by Gasteiger charge is 2.25. The third-order valence-corrected chi connectivity index (χ3v) is 4.87. The van der Waals surface area contributed by atoms with Gasteiger partial charge >= 0.3 is 0 Å². The predicted molar refractivity (Wildman–Crippen MR) is 81.0 cm³/mol. The normalized spacial score (nSPS) is 26.8. The summed E-state index contributed by atoms with van der Waals surface area (Å²) in [6.45, 7) is 10.5. The van der Waals surface area contributed by atoms with Crippen LogP contribution in [-0.4, -0.2) is 36.6 Å². The SMILES string of the molecule is CCC(CC)NCC(C)N(C)C1CCCC(C)C1. The molecule has 0 aliphatic heterocycles. The van der Waals surface area contributed by atoms with E-state index in [2.05, 4.69) is 45.0 Å². The minimum atomic E-state index is 0.654. The van der Waals surface area contributed by atoms with Crippen molar-refractivity contribution in [1.82, 2.24) is 10.2 Å². The van der Waals surface area contributed by atoms with Crippen LogP contribution in [0, 0.1) is 5.92 Å². The van der Waals surface area contributed by atoms with Crippen molar-refractivity contribution in [3.63, 3.8) is 0 Å². The first-order valence-electron chi connectivity index (χ1n) is 8.03. The van der Waals surface area contributed by atoms with Crippen molar-refractivity contribution in [3.8, 4) is 0 Å². The zero-order valence-electron chi connectivity index (χ0n) is 13.2. The highest BCUT2D eigenvalue weighted by molar-refractivity contribution is 4.81. The average molecular weight is 254 g/mol. The van der Waals surface area contributed by atoms with Crippen LogP contribution < -0.4 is 5.32 Å². The molecule has 0 saturated heterocycles. The van der Waals surface area contributed by atoms with E-state index in [9.17, 15) is 0 Å². The maximum Gasteiger partial charge on any atom is 0.0192 e. The Balaban J connectivity index is 2.33. The van der Waals surface area contributed by atoms with Crippen molar-refractivity contribution in [2.45, 2.75) is 84.3 Å². The van der Waals surface area contributed by atoms with Crippen LogP contribution >= 0.6 is 0 Å². The lowest BCUT2D eigenvalue weighted by Crippen LogP contribution is -2.47. The van der Waals surface area contributed by atoms with Gasteiger partial charge in [0.25, 0.3) is 0 Å². The second kappa shape index (κ2) is 8.16. The quantitative estimate of drug-likeness (QED) is 0.746. The predicted octanol–water partition coefficient (Wildman–Crippen LogP) is 3.66. The lowest BCUT2D eigenvalue weighted by molar-refractivity contribution is 0.122. The van der Waals surface area contributed by atoms with Gasteiger partial charge in [0.15, 0.2) is 0 Å². The van der Waals surface area contributed by atoms with E-state index < -0.39 is 0 Å². The molecular formula is C16H34N2. The van der Waals surface area contributed by atoms with Crippen LogP contribution in [0.2, 0.25) is 0 Å². The fraction of sp³-hybridized carbons (Fsp3) is 1.00. The van der Waals surface area contributed by atoms with Gasteiger partial charge in [-0.15, -0.1) is 0 Å². The van der Waals surface area contributed by atoms with E-state index in [-0.39, 0.29) is 0 Å². The Hall–Kier alpha value is -0.0800. The van der Waals surface area contributed by atoms with Gasteiger partial charge in [-0.3, -0.25) is 4.90 Å². The van der Waals surface area contributed by atoms with Gasteiger partial charge < -0.3 is 5.32 Å². The Morgan fingerprint density at radius 1 is 1.22 bits per heavy atom. The lowest BCUT2D eigenvalue weighted by Gasteiger charge is -2.38. The third-order valence-electron chi connectivity index (χ3n) is 4.87. The Morgan fingerprint density at radius 3 is 2.44 bits per heavy atom. The van der Waals surface area contributed by atoms with Gasteiger partial charge in [-0.05, 0) is 45.6 Å². The third kappa shape index (κ3) is 4.89. The molecule has 1 saturated carbocycles. The summed E-state index contributed by atoms with van der Waals surface area (Å²) in [6.07, 6.45) is 8.14. The molecule has 1 aliphatic rings. The molecule has 0 spiro atoms. The summed E-state index contributed by atoms with van der Waals surface area (Å²) >= 11 is 0. The minimum Gasteiger partial charge on any atom is -0.312 e. The molecule has 1 rings (SSSR count). The molecule has 1 fully saturated rings. The number of nitrogens with one attached hydrogen (secondary N) is 1. The molecule has 108 valence electrons. The van der Waals surface area contributed by atoms with Gasteiger partial charge in [-0.1, -0.05) is 33.6 Å². The summed E-state index contributed by atoms with van der Waals surface area (Å²) in [5, 5.41) is 3.71. The molecule has 0 aromatic carbocycles. The molecule has 2 heteroatoms. The minimum absolute atomic E-state index is 0.654. The Morgan fingerprint density at radius 2 is 1.89 bits per heavy atom. The molecule has 0 heterocycles. The van der Waals surface area contributed by atoms with E-state index in [0.29, 0.717) is 12.1 Å². The van der Waals surface area contributed by atoms with E-state index in [1.165, 1.54) is 38.5 Å². The molecule has 0 bridgehead atoms. The van der Waals surface area contributed by atoms with Crippen molar-refractivity contribution < 1.29 is 0 Å². The molecule has 18 heavy (non-hydrogen) atoms. The number of likely N-dealkylation sites (N-methyl/N-ethyl adjacent to an activating group) is 1. The zero-order chi connectivity index (χ0) is 13.5. The van der Waals surface area contributed by atoms with E-state index in [1.54, 1.807) is 0 Å². The van der Waals surface area contributed by atoms with Crippen LogP contribution in [0.25, 0.3) is 0 Å². The summed E-state index contributed by atoms with van der Waals surface area (Å²) in [4.78, 5) is 2.62. The van der Waals surface area contributed by atoms with Crippen LogP contribution in [0.5, 0.6) is 0 Å². The van der Waals surface area contributed by atoms with Crippen LogP contribution in [0.1, 0.15) is 66.2 Å². The number of rotatable bonds is 7. The van der Waals surface area contributed by atoms with E-state index in [4.69, 9.17) is 0 Å². The Labute approximate surface area is 115 Å². The largest absolute Gasteiger partial charge is 0.312 e. The smallest absolute Gasteiger partial charge is 0.0192 e. The van der Waals surface area contributed by atoms with Crippen LogP contribution in [-0.2, 0) is 0 Å². The summed E-state index contributed by atoms with van der Waals surface area (Å²) in [5.74, 6) is 0.922. The van der Waals surface area contributed by atoms with Gasteiger partial charge in [0.05, 0.1) is 0 Å². The number of nitrogens with zero attached hydrogens (tertiary/aromatic N) is 1. The van der Waals surface area contributed by atoms with Crippen molar-refractivity contribution in [2.24, 2.45) is 5.92 Å². The molecule has 0 radical (unpaired) electrons. The molecule has 0 aromatic rings. The zero-order valence-corrected chi connectivity index (χ0v) is 13.2.